The third-order valence-electron chi connectivity index (χ3n) is 2.22. The van der Waals surface area contributed by atoms with Gasteiger partial charge in [-0.2, -0.15) is 0 Å². The van der Waals surface area contributed by atoms with Crippen LogP contribution in [0.1, 0.15) is 5.69 Å². The molecule has 2 rings (SSSR count). The molecule has 4 heteroatoms. The summed E-state index contributed by atoms with van der Waals surface area (Å²) in [5.74, 6) is -0.128. The molecule has 0 saturated carbocycles. The SMILES string of the molecule is O=C(Cc1ccccn1)Nc1ccccc1Cl. The second kappa shape index (κ2) is 5.46. The second-order valence-electron chi connectivity index (χ2n) is 3.53. The minimum atomic E-state index is -0.128. The number of nitrogens with zero attached hydrogens (tertiary/aromatic N) is 1. The van der Waals surface area contributed by atoms with Crippen LogP contribution in [0, 0.1) is 0 Å². The van der Waals surface area contributed by atoms with Crippen LogP contribution >= 0.6 is 11.6 Å². The van der Waals surface area contributed by atoms with Crippen molar-refractivity contribution in [3.05, 3.63) is 59.4 Å². The molecule has 0 atom stereocenters. The van der Waals surface area contributed by atoms with Crippen LogP contribution in [0.25, 0.3) is 0 Å². The van der Waals surface area contributed by atoms with Crippen molar-refractivity contribution in [2.45, 2.75) is 6.42 Å². The third kappa shape index (κ3) is 3.29. The second-order valence-corrected chi connectivity index (χ2v) is 3.93. The number of anilines is 1. The van der Waals surface area contributed by atoms with Crippen LogP contribution in [0.5, 0.6) is 0 Å². The maximum absolute atomic E-state index is 11.7. The number of amides is 1. The summed E-state index contributed by atoms with van der Waals surface area (Å²) in [5, 5.41) is 3.28. The Kier molecular flexibility index (Phi) is 3.73. The molecule has 0 spiro atoms. The van der Waals surface area contributed by atoms with Crippen LogP contribution in [-0.4, -0.2) is 10.9 Å². The van der Waals surface area contributed by atoms with Gasteiger partial charge in [-0.05, 0) is 24.3 Å². The summed E-state index contributed by atoms with van der Waals surface area (Å²) >= 11 is 5.94. The molecule has 0 radical (unpaired) electrons. The fourth-order valence-electron chi connectivity index (χ4n) is 1.42. The van der Waals surface area contributed by atoms with E-state index in [4.69, 9.17) is 11.6 Å². The zero-order valence-corrected chi connectivity index (χ0v) is 9.82. The van der Waals surface area contributed by atoms with E-state index in [-0.39, 0.29) is 12.3 Å². The lowest BCUT2D eigenvalue weighted by molar-refractivity contribution is -0.115. The quantitative estimate of drug-likeness (QED) is 0.905. The average Bonchev–Trinajstić information content (AvgIpc) is 2.33. The number of hydrogen-bond acceptors (Lipinski definition) is 2. The number of pyridine rings is 1. The summed E-state index contributed by atoms with van der Waals surface area (Å²) in [6.07, 6.45) is 1.91. The molecule has 0 saturated heterocycles. The summed E-state index contributed by atoms with van der Waals surface area (Å²) in [7, 11) is 0. The van der Waals surface area contributed by atoms with Crippen LogP contribution in [-0.2, 0) is 11.2 Å². The highest BCUT2D eigenvalue weighted by molar-refractivity contribution is 6.33. The van der Waals surface area contributed by atoms with Gasteiger partial charge in [0.2, 0.25) is 5.91 Å². The van der Waals surface area contributed by atoms with E-state index in [0.29, 0.717) is 10.7 Å². The van der Waals surface area contributed by atoms with Gasteiger partial charge in [0.1, 0.15) is 0 Å². The van der Waals surface area contributed by atoms with Crippen LogP contribution < -0.4 is 5.32 Å². The topological polar surface area (TPSA) is 42.0 Å². The van der Waals surface area contributed by atoms with E-state index in [0.717, 1.165) is 5.69 Å². The Balaban J connectivity index is 2.01. The minimum Gasteiger partial charge on any atom is -0.324 e. The number of benzene rings is 1. The molecule has 1 amide bonds. The first-order chi connectivity index (χ1) is 8.25. The number of carbonyl (C=O) groups is 1. The summed E-state index contributed by atoms with van der Waals surface area (Å²) in [6.45, 7) is 0. The van der Waals surface area contributed by atoms with Gasteiger partial charge < -0.3 is 5.32 Å². The molecule has 0 aliphatic carbocycles. The van der Waals surface area contributed by atoms with Crippen molar-refractivity contribution in [3.8, 4) is 0 Å². The van der Waals surface area contributed by atoms with E-state index in [1.54, 1.807) is 18.3 Å². The van der Waals surface area contributed by atoms with Gasteiger partial charge in [-0.3, -0.25) is 9.78 Å². The number of carbonyl (C=O) groups excluding carboxylic acids is 1. The van der Waals surface area contributed by atoms with E-state index >= 15 is 0 Å². The number of aromatic nitrogens is 1. The van der Waals surface area contributed by atoms with Gasteiger partial charge in [0.05, 0.1) is 17.1 Å². The molecule has 1 aromatic carbocycles. The average molecular weight is 247 g/mol. The Morgan fingerprint density at radius 3 is 2.65 bits per heavy atom. The minimum absolute atomic E-state index is 0.128. The van der Waals surface area contributed by atoms with Gasteiger partial charge in [0.25, 0.3) is 0 Å². The standard InChI is InChI=1S/C13H11ClN2O/c14-11-6-1-2-7-12(11)16-13(17)9-10-5-3-4-8-15-10/h1-8H,9H2,(H,16,17). The normalized spacial score (nSPS) is 9.94. The molecular weight excluding hydrogens is 236 g/mol. The predicted octanol–water partition coefficient (Wildman–Crippen LogP) is 2.92. The Morgan fingerprint density at radius 2 is 1.94 bits per heavy atom. The molecule has 0 aliphatic rings. The Labute approximate surface area is 104 Å². The Hall–Kier alpha value is -1.87. The van der Waals surface area contributed by atoms with Gasteiger partial charge in [-0.25, -0.2) is 0 Å². The van der Waals surface area contributed by atoms with Gasteiger partial charge in [0, 0.05) is 11.9 Å². The Morgan fingerprint density at radius 1 is 1.18 bits per heavy atom. The molecule has 17 heavy (non-hydrogen) atoms. The molecule has 0 bridgehead atoms. The van der Waals surface area contributed by atoms with Gasteiger partial charge in [-0.1, -0.05) is 29.8 Å². The first-order valence-electron chi connectivity index (χ1n) is 5.20. The summed E-state index contributed by atoms with van der Waals surface area (Å²) in [6, 6.07) is 12.6. The monoisotopic (exact) mass is 246 g/mol. The molecule has 0 aliphatic heterocycles. The van der Waals surface area contributed by atoms with Crippen LogP contribution in [0.15, 0.2) is 48.7 Å². The number of nitrogens with one attached hydrogen (secondary N) is 1. The van der Waals surface area contributed by atoms with Crippen molar-refractivity contribution >= 4 is 23.2 Å². The molecule has 1 aromatic heterocycles. The zero-order valence-electron chi connectivity index (χ0n) is 9.06. The summed E-state index contributed by atoms with van der Waals surface area (Å²) < 4.78 is 0. The van der Waals surface area contributed by atoms with Crippen molar-refractivity contribution in [2.75, 3.05) is 5.32 Å². The van der Waals surface area contributed by atoms with Crippen LogP contribution in [0.3, 0.4) is 0 Å². The summed E-state index contributed by atoms with van der Waals surface area (Å²) in [5.41, 5.74) is 1.35. The molecule has 86 valence electrons. The molecule has 1 N–H and O–H groups in total. The van der Waals surface area contributed by atoms with Gasteiger partial charge >= 0.3 is 0 Å². The lowest BCUT2D eigenvalue weighted by Gasteiger charge is -2.06. The number of hydrogen-bond donors (Lipinski definition) is 1. The highest BCUT2D eigenvalue weighted by Gasteiger charge is 2.06. The molecule has 0 fully saturated rings. The van der Waals surface area contributed by atoms with Gasteiger partial charge in [0.15, 0.2) is 0 Å². The lowest BCUT2D eigenvalue weighted by atomic mass is 10.2. The molecule has 1 heterocycles. The zero-order chi connectivity index (χ0) is 12.1. The fourth-order valence-corrected chi connectivity index (χ4v) is 1.61. The highest BCUT2D eigenvalue weighted by atomic mass is 35.5. The first-order valence-corrected chi connectivity index (χ1v) is 5.58. The lowest BCUT2D eigenvalue weighted by Crippen LogP contribution is -2.15. The van der Waals surface area contributed by atoms with Crippen molar-refractivity contribution in [1.29, 1.82) is 0 Å². The largest absolute Gasteiger partial charge is 0.324 e. The van der Waals surface area contributed by atoms with E-state index in [1.165, 1.54) is 0 Å². The fraction of sp³-hybridized carbons (Fsp3) is 0.0769. The van der Waals surface area contributed by atoms with Crippen LogP contribution in [0.4, 0.5) is 5.69 Å². The van der Waals surface area contributed by atoms with Crippen LogP contribution in [0.2, 0.25) is 5.02 Å². The van der Waals surface area contributed by atoms with Crippen molar-refractivity contribution in [1.82, 2.24) is 4.98 Å². The molecular formula is C13H11ClN2O. The number of para-hydroxylation sites is 1. The highest BCUT2D eigenvalue weighted by Crippen LogP contribution is 2.20. The predicted molar refractivity (Wildman–Crippen MR) is 68.0 cm³/mol. The maximum Gasteiger partial charge on any atom is 0.230 e. The summed E-state index contributed by atoms with van der Waals surface area (Å²) in [4.78, 5) is 15.8. The first kappa shape index (κ1) is 11.6. The molecule has 2 aromatic rings. The van der Waals surface area contributed by atoms with E-state index in [1.807, 2.05) is 30.3 Å². The molecule has 0 unspecified atom stereocenters. The third-order valence-corrected chi connectivity index (χ3v) is 2.55. The van der Waals surface area contributed by atoms with Crippen molar-refractivity contribution < 1.29 is 4.79 Å². The van der Waals surface area contributed by atoms with Crippen molar-refractivity contribution in [2.24, 2.45) is 0 Å². The van der Waals surface area contributed by atoms with E-state index in [2.05, 4.69) is 10.3 Å². The Bertz CT molecular complexity index is 514. The number of halogens is 1. The number of rotatable bonds is 3. The van der Waals surface area contributed by atoms with E-state index < -0.39 is 0 Å². The molecule has 3 nitrogen and oxygen atoms in total. The smallest absolute Gasteiger partial charge is 0.230 e. The van der Waals surface area contributed by atoms with Crippen molar-refractivity contribution in [3.63, 3.8) is 0 Å². The maximum atomic E-state index is 11.7. The van der Waals surface area contributed by atoms with Gasteiger partial charge in [-0.15, -0.1) is 0 Å². The van der Waals surface area contributed by atoms with E-state index in [9.17, 15) is 4.79 Å².